The van der Waals surface area contributed by atoms with E-state index in [1.54, 1.807) is 12.2 Å². The average Bonchev–Trinajstić information content (AvgIpc) is 2.42. The molecule has 0 heterocycles. The second-order valence-electron chi connectivity index (χ2n) is 4.10. The van der Waals surface area contributed by atoms with E-state index in [0.717, 1.165) is 0 Å². The minimum absolute atomic E-state index is 0.0729. The number of carbonyl (C=O) groups excluding carboxylic acids is 1. The Morgan fingerprint density at radius 2 is 1.43 bits per heavy atom. The van der Waals surface area contributed by atoms with E-state index in [0.29, 0.717) is 6.42 Å². The summed E-state index contributed by atoms with van der Waals surface area (Å²) in [6.07, 6.45) is 0.241. The van der Waals surface area contributed by atoms with Crippen LogP contribution in [-0.2, 0) is 4.79 Å². The highest BCUT2D eigenvalue weighted by molar-refractivity contribution is 5.97. The van der Waals surface area contributed by atoms with Crippen LogP contribution < -0.4 is 5.32 Å². The van der Waals surface area contributed by atoms with Gasteiger partial charge in [-0.2, -0.15) is 0 Å². The van der Waals surface area contributed by atoms with Crippen molar-refractivity contribution in [3.05, 3.63) is 34.6 Å². The van der Waals surface area contributed by atoms with Gasteiger partial charge in [-0.3, -0.25) is 4.79 Å². The maximum Gasteiger partial charge on any atom is 0.326 e. The van der Waals surface area contributed by atoms with Crippen LogP contribution in [0.25, 0.3) is 0 Å². The van der Waals surface area contributed by atoms with Gasteiger partial charge in [0.15, 0.2) is 23.3 Å². The van der Waals surface area contributed by atoms with Gasteiger partial charge in [0, 0.05) is 0 Å². The number of carbonyl (C=O) groups is 2. The maximum absolute atomic E-state index is 13.4. The van der Waals surface area contributed by atoms with E-state index < -0.39 is 52.6 Å². The van der Waals surface area contributed by atoms with E-state index in [1.165, 1.54) is 0 Å². The van der Waals surface area contributed by atoms with E-state index >= 15 is 0 Å². The molecule has 116 valence electrons. The molecule has 0 saturated carbocycles. The van der Waals surface area contributed by atoms with E-state index in [-0.39, 0.29) is 6.42 Å². The number of rotatable bonds is 5. The van der Waals surface area contributed by atoms with E-state index in [9.17, 15) is 31.5 Å². The molecule has 1 atom stereocenters. The van der Waals surface area contributed by atoms with Crippen molar-refractivity contribution in [2.45, 2.75) is 25.8 Å². The Kier molecular flexibility index (Phi) is 5.23. The molecule has 1 rings (SSSR count). The molecule has 1 amide bonds. The monoisotopic (exact) mass is 311 g/mol. The quantitative estimate of drug-likeness (QED) is 0.498. The molecule has 1 aromatic rings. The van der Waals surface area contributed by atoms with Crippen molar-refractivity contribution in [1.29, 1.82) is 0 Å². The zero-order valence-corrected chi connectivity index (χ0v) is 10.6. The molecule has 1 aromatic carbocycles. The lowest BCUT2D eigenvalue weighted by Gasteiger charge is -2.14. The highest BCUT2D eigenvalue weighted by Crippen LogP contribution is 2.23. The third-order valence-electron chi connectivity index (χ3n) is 2.62. The van der Waals surface area contributed by atoms with Crippen LogP contribution >= 0.6 is 0 Å². The number of aliphatic carboxylic acids is 1. The number of carboxylic acids is 1. The summed E-state index contributed by atoms with van der Waals surface area (Å²) < 4.78 is 65.4. The molecule has 0 aromatic heterocycles. The number of amides is 1. The van der Waals surface area contributed by atoms with Gasteiger partial charge < -0.3 is 10.4 Å². The summed E-state index contributed by atoms with van der Waals surface area (Å²) in [5, 5.41) is 10.5. The zero-order valence-electron chi connectivity index (χ0n) is 10.6. The Morgan fingerprint density at radius 3 is 1.81 bits per heavy atom. The van der Waals surface area contributed by atoms with Gasteiger partial charge in [-0.15, -0.1) is 0 Å². The van der Waals surface area contributed by atoms with Crippen molar-refractivity contribution in [3.63, 3.8) is 0 Å². The largest absolute Gasteiger partial charge is 0.480 e. The van der Waals surface area contributed by atoms with Gasteiger partial charge in [0.1, 0.15) is 11.6 Å². The Labute approximate surface area is 115 Å². The van der Waals surface area contributed by atoms with Gasteiger partial charge >= 0.3 is 5.97 Å². The predicted molar refractivity (Wildman–Crippen MR) is 60.0 cm³/mol. The van der Waals surface area contributed by atoms with Gasteiger partial charge in [-0.1, -0.05) is 13.3 Å². The molecule has 4 nitrogen and oxygen atoms in total. The molecular weight excluding hydrogens is 301 g/mol. The maximum atomic E-state index is 13.4. The first-order chi connectivity index (χ1) is 9.72. The normalized spacial score (nSPS) is 12.1. The van der Waals surface area contributed by atoms with Crippen LogP contribution in [0.15, 0.2) is 0 Å². The van der Waals surface area contributed by atoms with Crippen LogP contribution in [-0.4, -0.2) is 23.0 Å². The highest BCUT2D eigenvalue weighted by atomic mass is 19.2. The second kappa shape index (κ2) is 6.51. The highest BCUT2D eigenvalue weighted by Gasteiger charge is 2.31. The van der Waals surface area contributed by atoms with Gasteiger partial charge in [-0.25, -0.2) is 26.7 Å². The van der Waals surface area contributed by atoms with Crippen LogP contribution in [0.4, 0.5) is 22.0 Å². The third-order valence-corrected chi connectivity index (χ3v) is 2.62. The van der Waals surface area contributed by atoms with E-state index in [1.807, 2.05) is 0 Å². The van der Waals surface area contributed by atoms with Crippen molar-refractivity contribution in [3.8, 4) is 0 Å². The summed E-state index contributed by atoms with van der Waals surface area (Å²) in [6, 6.07) is -1.50. The number of hydrogen-bond acceptors (Lipinski definition) is 2. The summed E-state index contributed by atoms with van der Waals surface area (Å²) in [6.45, 7) is 1.58. The van der Waals surface area contributed by atoms with Crippen molar-refractivity contribution in [2.75, 3.05) is 0 Å². The van der Waals surface area contributed by atoms with Crippen LogP contribution in [0.5, 0.6) is 0 Å². The molecule has 0 spiro atoms. The number of carboxylic acid groups (broad SMARTS) is 1. The summed E-state index contributed by atoms with van der Waals surface area (Å²) in [5.74, 6) is -14.8. The smallest absolute Gasteiger partial charge is 0.326 e. The van der Waals surface area contributed by atoms with Crippen molar-refractivity contribution >= 4 is 11.9 Å². The predicted octanol–water partition coefficient (Wildman–Crippen LogP) is 2.37. The Hall–Kier alpha value is -2.19. The number of halogens is 5. The first-order valence-electron chi connectivity index (χ1n) is 5.77. The van der Waals surface area contributed by atoms with Crippen LogP contribution in [0, 0.1) is 29.1 Å². The number of nitrogens with one attached hydrogen (secondary N) is 1. The van der Waals surface area contributed by atoms with Gasteiger partial charge in [-0.05, 0) is 6.42 Å². The first-order valence-corrected chi connectivity index (χ1v) is 5.77. The number of hydrogen-bond donors (Lipinski definition) is 2. The lowest BCUT2D eigenvalue weighted by Crippen LogP contribution is -2.41. The van der Waals surface area contributed by atoms with Crippen molar-refractivity contribution in [1.82, 2.24) is 5.32 Å². The van der Waals surface area contributed by atoms with Gasteiger partial charge in [0.2, 0.25) is 5.82 Å². The summed E-state index contributed by atoms with van der Waals surface area (Å²) in [4.78, 5) is 22.4. The fourth-order valence-electron chi connectivity index (χ4n) is 1.58. The molecule has 21 heavy (non-hydrogen) atoms. The molecular formula is C12H10F5NO3. The molecule has 0 radical (unpaired) electrons. The lowest BCUT2D eigenvalue weighted by molar-refractivity contribution is -0.139. The molecule has 0 saturated heterocycles. The molecule has 9 heteroatoms. The minimum atomic E-state index is -2.40. The van der Waals surface area contributed by atoms with Crippen LogP contribution in [0.3, 0.4) is 0 Å². The summed E-state index contributed by atoms with van der Waals surface area (Å²) in [5.41, 5.74) is -1.71. The average molecular weight is 311 g/mol. The van der Waals surface area contributed by atoms with E-state index in [2.05, 4.69) is 0 Å². The van der Waals surface area contributed by atoms with Gasteiger partial charge in [0.25, 0.3) is 5.91 Å². The Balaban J connectivity index is 3.22. The second-order valence-corrected chi connectivity index (χ2v) is 4.10. The molecule has 0 aliphatic carbocycles. The van der Waals surface area contributed by atoms with Crippen LogP contribution in [0.2, 0.25) is 0 Å². The molecule has 0 fully saturated rings. The molecule has 2 N–H and O–H groups in total. The van der Waals surface area contributed by atoms with E-state index in [4.69, 9.17) is 5.11 Å². The topological polar surface area (TPSA) is 66.4 Å². The zero-order chi connectivity index (χ0) is 16.3. The standard InChI is InChI=1S/C12H10F5NO3/c1-2-3-4(12(20)21)18-11(19)5-6(13)8(15)10(17)9(16)7(5)14/h4H,2-3H2,1H3,(H,18,19)(H,20,21)/t4-/m1/s1. The lowest BCUT2D eigenvalue weighted by atomic mass is 10.1. The fourth-order valence-corrected chi connectivity index (χ4v) is 1.58. The van der Waals surface area contributed by atoms with Crippen molar-refractivity contribution in [2.24, 2.45) is 0 Å². The molecule has 0 bridgehead atoms. The SMILES string of the molecule is CCC[C@@H](NC(=O)c1c(F)c(F)c(F)c(F)c1F)C(=O)O. The molecule has 0 aliphatic heterocycles. The minimum Gasteiger partial charge on any atom is -0.480 e. The Morgan fingerprint density at radius 1 is 1.00 bits per heavy atom. The van der Waals surface area contributed by atoms with Crippen LogP contribution in [0.1, 0.15) is 30.1 Å². The molecule has 0 aliphatic rings. The fraction of sp³-hybridized carbons (Fsp3) is 0.333. The first kappa shape index (κ1) is 16.9. The van der Waals surface area contributed by atoms with Crippen molar-refractivity contribution < 1.29 is 36.6 Å². The molecule has 0 unspecified atom stereocenters. The number of benzene rings is 1. The van der Waals surface area contributed by atoms with Gasteiger partial charge in [0.05, 0.1) is 0 Å². The Bertz CT molecular complexity index is 562. The summed E-state index contributed by atoms with van der Waals surface area (Å²) >= 11 is 0. The summed E-state index contributed by atoms with van der Waals surface area (Å²) in [7, 11) is 0. The third kappa shape index (κ3) is 3.29.